The van der Waals surface area contributed by atoms with Crippen LogP contribution >= 0.6 is 11.6 Å². The summed E-state index contributed by atoms with van der Waals surface area (Å²) in [5.74, 6) is -1.35. The van der Waals surface area contributed by atoms with Crippen molar-refractivity contribution in [2.24, 2.45) is 5.92 Å². The molecule has 0 aromatic heterocycles. The number of hydrogen-bond acceptors (Lipinski definition) is 5. The Balaban J connectivity index is 1.58. The van der Waals surface area contributed by atoms with Crippen molar-refractivity contribution >= 4 is 29.1 Å². The first-order valence-electron chi connectivity index (χ1n) is 11.2. The number of hydrogen-bond donors (Lipinski definition) is 1. The number of aliphatic carboxylic acids is 1. The summed E-state index contributed by atoms with van der Waals surface area (Å²) in [6.45, 7) is 0. The summed E-state index contributed by atoms with van der Waals surface area (Å²) in [4.78, 5) is 37.2. The highest BCUT2D eigenvalue weighted by Crippen LogP contribution is 2.27. The monoisotopic (exact) mass is 494 g/mol. The molecule has 0 aliphatic rings. The van der Waals surface area contributed by atoms with E-state index < -0.39 is 11.9 Å². The van der Waals surface area contributed by atoms with Gasteiger partial charge in [0.15, 0.2) is 11.6 Å². The number of Topliss-reactive ketones (excluding diaryl/α,β-unsaturated/α-hetero) is 2. The minimum Gasteiger partial charge on any atom is -0.497 e. The van der Waals surface area contributed by atoms with Crippen molar-refractivity contribution in [2.75, 3.05) is 14.2 Å². The van der Waals surface area contributed by atoms with Crippen molar-refractivity contribution in [1.29, 1.82) is 0 Å². The standard InChI is InChI=1S/C28H27ClO6/c1-34-23-14-15-24(27(17-23)35-2)25(30)5-3-4-21(28(32)33)16-26(31)20-8-6-18(7-9-20)19-10-12-22(29)13-11-19/h6-15,17,21H,3-5,16H2,1-2H3,(H,32,33). The molecule has 1 N–H and O–H groups in total. The molecule has 3 rings (SSSR count). The number of carboxylic acids is 1. The van der Waals surface area contributed by atoms with Gasteiger partial charge in [-0.3, -0.25) is 14.4 Å². The predicted octanol–water partition coefficient (Wildman–Crippen LogP) is 6.35. The minimum atomic E-state index is -1.05. The highest BCUT2D eigenvalue weighted by molar-refractivity contribution is 6.30. The number of carboxylic acid groups (broad SMARTS) is 1. The van der Waals surface area contributed by atoms with Crippen LogP contribution in [0.2, 0.25) is 5.02 Å². The summed E-state index contributed by atoms with van der Waals surface area (Å²) in [5.41, 5.74) is 2.76. The van der Waals surface area contributed by atoms with E-state index in [2.05, 4.69) is 0 Å². The molecular formula is C28H27ClO6. The summed E-state index contributed by atoms with van der Waals surface area (Å²) in [6, 6.07) is 19.4. The molecule has 3 aromatic carbocycles. The number of ether oxygens (including phenoxy) is 2. The maximum absolute atomic E-state index is 12.7. The normalized spacial score (nSPS) is 11.5. The van der Waals surface area contributed by atoms with Gasteiger partial charge in [-0.25, -0.2) is 0 Å². The number of carbonyl (C=O) groups is 3. The molecular weight excluding hydrogens is 468 g/mol. The molecule has 0 spiro atoms. The molecule has 0 aliphatic carbocycles. The van der Waals surface area contributed by atoms with E-state index in [0.29, 0.717) is 34.1 Å². The quantitative estimate of drug-likeness (QED) is 0.295. The third-order valence-corrected chi connectivity index (χ3v) is 6.08. The van der Waals surface area contributed by atoms with E-state index in [-0.39, 0.29) is 30.8 Å². The van der Waals surface area contributed by atoms with Gasteiger partial charge in [0.2, 0.25) is 0 Å². The second-order valence-electron chi connectivity index (χ2n) is 8.13. The Morgan fingerprint density at radius 2 is 1.49 bits per heavy atom. The Morgan fingerprint density at radius 3 is 2.06 bits per heavy atom. The van der Waals surface area contributed by atoms with E-state index in [0.717, 1.165) is 11.1 Å². The molecule has 0 saturated heterocycles. The van der Waals surface area contributed by atoms with Gasteiger partial charge in [-0.15, -0.1) is 0 Å². The zero-order valence-electron chi connectivity index (χ0n) is 19.6. The smallest absolute Gasteiger partial charge is 0.306 e. The summed E-state index contributed by atoms with van der Waals surface area (Å²) < 4.78 is 10.4. The van der Waals surface area contributed by atoms with Gasteiger partial charge in [-0.2, -0.15) is 0 Å². The average molecular weight is 495 g/mol. The number of methoxy groups -OCH3 is 2. The van der Waals surface area contributed by atoms with Crippen LogP contribution in [0.25, 0.3) is 11.1 Å². The number of benzene rings is 3. The predicted molar refractivity (Wildman–Crippen MR) is 135 cm³/mol. The van der Waals surface area contributed by atoms with E-state index >= 15 is 0 Å². The molecule has 6 nitrogen and oxygen atoms in total. The molecule has 0 aliphatic heterocycles. The topological polar surface area (TPSA) is 89.9 Å². The molecule has 35 heavy (non-hydrogen) atoms. The summed E-state index contributed by atoms with van der Waals surface area (Å²) >= 11 is 5.93. The Bertz CT molecular complexity index is 1190. The van der Waals surface area contributed by atoms with Gasteiger partial charge in [0.05, 0.1) is 25.7 Å². The molecule has 0 fully saturated rings. The average Bonchev–Trinajstić information content (AvgIpc) is 2.87. The molecule has 0 bridgehead atoms. The number of ketones is 2. The third-order valence-electron chi connectivity index (χ3n) is 5.83. The van der Waals surface area contributed by atoms with Crippen LogP contribution in [0.3, 0.4) is 0 Å². The maximum Gasteiger partial charge on any atom is 0.306 e. The Labute approximate surface area is 209 Å². The molecule has 0 saturated carbocycles. The SMILES string of the molecule is COc1ccc(C(=O)CCCC(CC(=O)c2ccc(-c3ccc(Cl)cc3)cc2)C(=O)O)c(OC)c1. The van der Waals surface area contributed by atoms with E-state index in [1.807, 2.05) is 24.3 Å². The first-order chi connectivity index (χ1) is 16.8. The van der Waals surface area contributed by atoms with Gasteiger partial charge in [-0.1, -0.05) is 48.0 Å². The summed E-state index contributed by atoms with van der Waals surface area (Å²) in [6.07, 6.45) is 0.577. The van der Waals surface area contributed by atoms with Gasteiger partial charge < -0.3 is 14.6 Å². The Hall–Kier alpha value is -3.64. The van der Waals surface area contributed by atoms with Crippen LogP contribution in [0.4, 0.5) is 0 Å². The van der Waals surface area contributed by atoms with Crippen molar-refractivity contribution in [1.82, 2.24) is 0 Å². The second-order valence-corrected chi connectivity index (χ2v) is 8.56. The van der Waals surface area contributed by atoms with Crippen molar-refractivity contribution in [3.8, 4) is 22.6 Å². The maximum atomic E-state index is 12.7. The van der Waals surface area contributed by atoms with Crippen LogP contribution in [0.1, 0.15) is 46.4 Å². The van der Waals surface area contributed by atoms with E-state index in [1.54, 1.807) is 42.5 Å². The van der Waals surface area contributed by atoms with Gasteiger partial charge in [0.25, 0.3) is 0 Å². The van der Waals surface area contributed by atoms with Crippen LogP contribution in [-0.4, -0.2) is 36.9 Å². The van der Waals surface area contributed by atoms with Crippen molar-refractivity contribution in [3.63, 3.8) is 0 Å². The molecule has 182 valence electrons. The number of halogens is 1. The number of carbonyl (C=O) groups excluding carboxylic acids is 2. The van der Waals surface area contributed by atoms with Gasteiger partial charge in [0.1, 0.15) is 11.5 Å². The van der Waals surface area contributed by atoms with Gasteiger partial charge >= 0.3 is 5.97 Å². The summed E-state index contributed by atoms with van der Waals surface area (Å²) in [5, 5.41) is 10.3. The molecule has 0 amide bonds. The lowest BCUT2D eigenvalue weighted by molar-refractivity contribution is -0.141. The highest BCUT2D eigenvalue weighted by atomic mass is 35.5. The molecule has 0 radical (unpaired) electrons. The zero-order valence-corrected chi connectivity index (χ0v) is 20.4. The van der Waals surface area contributed by atoms with Crippen molar-refractivity contribution in [3.05, 3.63) is 82.9 Å². The molecule has 1 atom stereocenters. The van der Waals surface area contributed by atoms with Crippen LogP contribution in [-0.2, 0) is 4.79 Å². The first kappa shape index (κ1) is 26.0. The van der Waals surface area contributed by atoms with Gasteiger partial charge in [-0.05, 0) is 48.2 Å². The van der Waals surface area contributed by atoms with Crippen LogP contribution in [0.5, 0.6) is 11.5 Å². The minimum absolute atomic E-state index is 0.129. The largest absolute Gasteiger partial charge is 0.497 e. The highest BCUT2D eigenvalue weighted by Gasteiger charge is 2.23. The van der Waals surface area contributed by atoms with Gasteiger partial charge in [0, 0.05) is 29.5 Å². The summed E-state index contributed by atoms with van der Waals surface area (Å²) in [7, 11) is 3.00. The van der Waals surface area contributed by atoms with E-state index in [1.165, 1.54) is 14.2 Å². The fourth-order valence-corrected chi connectivity index (χ4v) is 3.94. The van der Waals surface area contributed by atoms with Crippen LogP contribution in [0.15, 0.2) is 66.7 Å². The Morgan fingerprint density at radius 1 is 0.857 bits per heavy atom. The van der Waals surface area contributed by atoms with E-state index in [9.17, 15) is 19.5 Å². The Kier molecular flexibility index (Phi) is 9.04. The van der Waals surface area contributed by atoms with E-state index in [4.69, 9.17) is 21.1 Å². The fourth-order valence-electron chi connectivity index (χ4n) is 3.82. The lowest BCUT2D eigenvalue weighted by atomic mass is 9.92. The van der Waals surface area contributed by atoms with Crippen molar-refractivity contribution in [2.45, 2.75) is 25.7 Å². The zero-order chi connectivity index (χ0) is 25.4. The first-order valence-corrected chi connectivity index (χ1v) is 11.6. The fraction of sp³-hybridized carbons (Fsp3) is 0.250. The third kappa shape index (κ3) is 6.93. The van der Waals surface area contributed by atoms with Crippen LogP contribution < -0.4 is 9.47 Å². The lowest BCUT2D eigenvalue weighted by Crippen LogP contribution is -2.18. The lowest BCUT2D eigenvalue weighted by Gasteiger charge is -2.13. The second kappa shape index (κ2) is 12.2. The van der Waals surface area contributed by atoms with Crippen LogP contribution in [0, 0.1) is 5.92 Å². The van der Waals surface area contributed by atoms with Crippen molar-refractivity contribution < 1.29 is 29.0 Å². The number of rotatable bonds is 12. The molecule has 0 heterocycles. The molecule has 3 aromatic rings. The molecule has 1 unspecified atom stereocenters. The molecule has 7 heteroatoms.